The minimum absolute atomic E-state index is 0.251. The number of hydrogen-bond donors (Lipinski definition) is 1. The molecule has 0 fully saturated rings. The fourth-order valence-corrected chi connectivity index (χ4v) is 2.52. The Balaban J connectivity index is 2.09. The molecule has 0 saturated carbocycles. The number of halogens is 5. The third kappa shape index (κ3) is 4.81. The molecule has 0 unspecified atom stereocenters. The van der Waals surface area contributed by atoms with Crippen LogP contribution in [0.4, 0.5) is 23.2 Å². The van der Waals surface area contributed by atoms with E-state index in [9.17, 15) is 27.2 Å². The van der Waals surface area contributed by atoms with Crippen molar-refractivity contribution in [3.63, 3.8) is 0 Å². The number of para-hydroxylation sites is 1. The number of nitrogens with zero attached hydrogens (tertiary/aromatic N) is 1. The highest BCUT2D eigenvalue weighted by atomic mass is 79.9. The molecule has 4 nitrogen and oxygen atoms in total. The van der Waals surface area contributed by atoms with Crippen LogP contribution in [-0.4, -0.2) is 30.3 Å². The number of amides is 2. The second-order valence-electron chi connectivity index (χ2n) is 5.38. The molecule has 0 aliphatic heterocycles. The quantitative estimate of drug-likeness (QED) is 0.731. The molecule has 0 atom stereocenters. The minimum Gasteiger partial charge on any atom is -0.332 e. The Morgan fingerprint density at radius 3 is 2.42 bits per heavy atom. The van der Waals surface area contributed by atoms with E-state index in [-0.39, 0.29) is 5.56 Å². The van der Waals surface area contributed by atoms with E-state index in [2.05, 4.69) is 21.2 Å². The summed E-state index contributed by atoms with van der Waals surface area (Å²) in [6.45, 7) is -0.541. The molecule has 9 heteroatoms. The summed E-state index contributed by atoms with van der Waals surface area (Å²) in [6.07, 6.45) is -4.63. The molecule has 26 heavy (non-hydrogen) atoms. The average molecular weight is 433 g/mol. The molecule has 2 amide bonds. The van der Waals surface area contributed by atoms with Crippen molar-refractivity contribution >= 4 is 33.4 Å². The van der Waals surface area contributed by atoms with E-state index in [1.165, 1.54) is 31.3 Å². The lowest BCUT2D eigenvalue weighted by atomic mass is 10.1. The van der Waals surface area contributed by atoms with Crippen LogP contribution in [0.5, 0.6) is 0 Å². The van der Waals surface area contributed by atoms with Gasteiger partial charge in [-0.25, -0.2) is 4.39 Å². The van der Waals surface area contributed by atoms with Crippen LogP contribution in [0.1, 0.15) is 15.9 Å². The summed E-state index contributed by atoms with van der Waals surface area (Å²) < 4.78 is 53.0. The minimum atomic E-state index is -4.63. The zero-order chi connectivity index (χ0) is 19.5. The molecule has 1 N–H and O–H groups in total. The maximum Gasteiger partial charge on any atom is 0.418 e. The van der Waals surface area contributed by atoms with E-state index in [0.717, 1.165) is 23.1 Å². The molecular formula is C17H13BrF4N2O2. The van der Waals surface area contributed by atoms with Gasteiger partial charge in [-0.05, 0) is 30.3 Å². The van der Waals surface area contributed by atoms with Gasteiger partial charge in [0.15, 0.2) is 0 Å². The van der Waals surface area contributed by atoms with E-state index >= 15 is 0 Å². The molecule has 0 heterocycles. The largest absolute Gasteiger partial charge is 0.418 e. The van der Waals surface area contributed by atoms with Gasteiger partial charge >= 0.3 is 6.18 Å². The number of likely N-dealkylation sites (N-methyl/N-ethyl adjacent to an activating group) is 1. The van der Waals surface area contributed by atoms with Crippen LogP contribution in [0.15, 0.2) is 46.9 Å². The number of carbonyl (C=O) groups is 2. The molecule has 0 aliphatic carbocycles. The Bertz CT molecular complexity index is 840. The maximum absolute atomic E-state index is 13.8. The van der Waals surface area contributed by atoms with Crippen molar-refractivity contribution in [2.75, 3.05) is 18.9 Å². The number of anilines is 1. The van der Waals surface area contributed by atoms with Crippen LogP contribution in [0.3, 0.4) is 0 Å². The highest BCUT2D eigenvalue weighted by Gasteiger charge is 2.33. The van der Waals surface area contributed by atoms with E-state index in [4.69, 9.17) is 0 Å². The summed E-state index contributed by atoms with van der Waals surface area (Å²) in [6, 6.07) is 8.29. The van der Waals surface area contributed by atoms with Gasteiger partial charge in [0.1, 0.15) is 5.82 Å². The number of rotatable bonds is 4. The van der Waals surface area contributed by atoms with Gasteiger partial charge in [0.25, 0.3) is 5.91 Å². The third-order valence-corrected chi connectivity index (χ3v) is 3.89. The first-order chi connectivity index (χ1) is 12.1. The van der Waals surface area contributed by atoms with Gasteiger partial charge < -0.3 is 10.2 Å². The molecule has 0 aromatic heterocycles. The van der Waals surface area contributed by atoms with Gasteiger partial charge in [0, 0.05) is 11.5 Å². The van der Waals surface area contributed by atoms with Gasteiger partial charge in [-0.1, -0.05) is 28.1 Å². The van der Waals surface area contributed by atoms with E-state index in [1.54, 1.807) is 0 Å². The lowest BCUT2D eigenvalue weighted by Crippen LogP contribution is -2.35. The van der Waals surface area contributed by atoms with Crippen LogP contribution in [-0.2, 0) is 11.0 Å². The molecule has 2 aromatic rings. The number of hydrogen-bond acceptors (Lipinski definition) is 2. The lowest BCUT2D eigenvalue weighted by Gasteiger charge is -2.18. The van der Waals surface area contributed by atoms with Crippen molar-refractivity contribution in [2.45, 2.75) is 6.18 Å². The Hall–Kier alpha value is -2.42. The fraction of sp³-hybridized carbons (Fsp3) is 0.176. The Labute approximate surface area is 154 Å². The van der Waals surface area contributed by atoms with Crippen molar-refractivity contribution in [3.8, 4) is 0 Å². The van der Waals surface area contributed by atoms with Crippen LogP contribution >= 0.6 is 15.9 Å². The standard InChI is InChI=1S/C17H13BrF4N2O2/c1-24(16(26)11-7-6-10(18)8-13(11)19)9-15(25)23-14-5-3-2-4-12(14)17(20,21)22/h2-8H,9H2,1H3,(H,23,25). The first kappa shape index (κ1) is 19.9. The molecule has 2 aromatic carbocycles. The maximum atomic E-state index is 13.8. The summed E-state index contributed by atoms with van der Waals surface area (Å²) >= 11 is 3.06. The van der Waals surface area contributed by atoms with Crippen molar-refractivity contribution in [1.82, 2.24) is 4.90 Å². The van der Waals surface area contributed by atoms with Crippen molar-refractivity contribution in [2.24, 2.45) is 0 Å². The molecule has 138 valence electrons. The predicted molar refractivity (Wildman–Crippen MR) is 91.1 cm³/mol. The van der Waals surface area contributed by atoms with Crippen LogP contribution in [0.25, 0.3) is 0 Å². The number of benzene rings is 2. The fourth-order valence-electron chi connectivity index (χ4n) is 2.18. The van der Waals surface area contributed by atoms with Gasteiger partial charge in [0.2, 0.25) is 5.91 Å². The average Bonchev–Trinajstić information content (AvgIpc) is 2.53. The first-order valence-corrected chi connectivity index (χ1v) is 8.05. The SMILES string of the molecule is CN(CC(=O)Nc1ccccc1C(F)(F)F)C(=O)c1ccc(Br)cc1F. The Morgan fingerprint density at radius 2 is 1.81 bits per heavy atom. The molecular weight excluding hydrogens is 420 g/mol. The van der Waals surface area contributed by atoms with Crippen LogP contribution in [0, 0.1) is 5.82 Å². The topological polar surface area (TPSA) is 49.4 Å². The molecule has 0 spiro atoms. The van der Waals surface area contributed by atoms with Crippen molar-refractivity contribution < 1.29 is 27.2 Å². The molecule has 0 saturated heterocycles. The van der Waals surface area contributed by atoms with Gasteiger partial charge in [-0.3, -0.25) is 9.59 Å². The van der Waals surface area contributed by atoms with E-state index in [1.807, 2.05) is 0 Å². The molecule has 0 aliphatic rings. The number of alkyl halides is 3. The smallest absolute Gasteiger partial charge is 0.332 e. The van der Waals surface area contributed by atoms with Crippen molar-refractivity contribution in [3.05, 3.63) is 63.9 Å². The van der Waals surface area contributed by atoms with E-state index in [0.29, 0.717) is 4.47 Å². The second kappa shape index (κ2) is 7.86. The summed E-state index contributed by atoms with van der Waals surface area (Å²) in [5.41, 5.74) is -1.67. The highest BCUT2D eigenvalue weighted by molar-refractivity contribution is 9.10. The first-order valence-electron chi connectivity index (χ1n) is 7.26. The number of carbonyl (C=O) groups excluding carboxylic acids is 2. The highest BCUT2D eigenvalue weighted by Crippen LogP contribution is 2.34. The normalized spacial score (nSPS) is 11.2. The monoisotopic (exact) mass is 432 g/mol. The van der Waals surface area contributed by atoms with Crippen LogP contribution in [0.2, 0.25) is 0 Å². The summed E-state index contributed by atoms with van der Waals surface area (Å²) in [4.78, 5) is 25.1. The van der Waals surface area contributed by atoms with Crippen LogP contribution < -0.4 is 5.32 Å². The van der Waals surface area contributed by atoms with Crippen molar-refractivity contribution in [1.29, 1.82) is 0 Å². The molecule has 0 bridgehead atoms. The summed E-state index contributed by atoms with van der Waals surface area (Å²) in [7, 11) is 1.25. The Kier molecular flexibility index (Phi) is 6.01. The summed E-state index contributed by atoms with van der Waals surface area (Å²) in [5.74, 6) is -2.39. The van der Waals surface area contributed by atoms with Gasteiger partial charge in [-0.15, -0.1) is 0 Å². The van der Waals surface area contributed by atoms with Gasteiger partial charge in [0.05, 0.1) is 23.4 Å². The third-order valence-electron chi connectivity index (χ3n) is 3.40. The lowest BCUT2D eigenvalue weighted by molar-refractivity contribution is -0.137. The van der Waals surface area contributed by atoms with E-state index < -0.39 is 41.6 Å². The number of nitrogens with one attached hydrogen (secondary N) is 1. The zero-order valence-electron chi connectivity index (χ0n) is 13.4. The zero-order valence-corrected chi connectivity index (χ0v) is 15.0. The molecule has 0 radical (unpaired) electrons. The summed E-state index contributed by atoms with van der Waals surface area (Å²) in [5, 5.41) is 2.12. The predicted octanol–water partition coefficient (Wildman–Crippen LogP) is 4.32. The Morgan fingerprint density at radius 1 is 1.15 bits per heavy atom. The molecule has 2 rings (SSSR count). The van der Waals surface area contributed by atoms with Gasteiger partial charge in [-0.2, -0.15) is 13.2 Å². The second-order valence-corrected chi connectivity index (χ2v) is 6.29.